The third kappa shape index (κ3) is 12.1. The fraction of sp³-hybridized carbons (Fsp3) is 0.440. The van der Waals surface area contributed by atoms with E-state index in [9.17, 15) is 44.7 Å². The lowest BCUT2D eigenvalue weighted by molar-refractivity contribution is -0.293. The Morgan fingerprint density at radius 2 is 1.62 bits per heavy atom. The number of alkyl halides is 8. The van der Waals surface area contributed by atoms with Crippen molar-refractivity contribution >= 4 is 11.9 Å². The van der Waals surface area contributed by atoms with Gasteiger partial charge in [-0.3, -0.25) is 9.59 Å². The molecule has 0 aliphatic rings. The molecule has 15 heteroatoms. The van der Waals surface area contributed by atoms with Crippen molar-refractivity contribution in [2.75, 3.05) is 13.2 Å². The topological polar surface area (TPSA) is 85.3 Å². The second-order valence-electron chi connectivity index (χ2n) is 8.35. The van der Waals surface area contributed by atoms with Crippen molar-refractivity contribution in [3.8, 4) is 11.5 Å². The minimum atomic E-state index is -5.36. The van der Waals surface area contributed by atoms with Crippen LogP contribution >= 0.6 is 0 Å². The molecule has 0 amide bonds. The van der Waals surface area contributed by atoms with Crippen LogP contribution in [0.25, 0.3) is 0 Å². The molecule has 7 nitrogen and oxygen atoms in total. The first-order chi connectivity index (χ1) is 18.6. The van der Waals surface area contributed by atoms with E-state index in [4.69, 9.17) is 14.6 Å². The molecule has 2 aromatic carbocycles. The average molecular weight is 587 g/mol. The first kappa shape index (κ1) is 32.6. The standard InChI is InChI=1S/C25H25F8NO6/c26-23(27)34(24(28,29)30)13-12-19(39-22(37)11-10-21(35)36)15-38-20-7-2-1-5-17(20)9-8-16-4-3-6-18(14-16)40-25(31,32)33/h1-7,14,19,23H,8-13,15H2,(H,35,36). The molecule has 1 unspecified atom stereocenters. The van der Waals surface area contributed by atoms with Gasteiger partial charge in [0.2, 0.25) is 0 Å². The number of aryl methyl sites for hydroxylation is 2. The van der Waals surface area contributed by atoms with Gasteiger partial charge in [0.25, 0.3) is 0 Å². The van der Waals surface area contributed by atoms with E-state index in [0.29, 0.717) is 11.1 Å². The van der Waals surface area contributed by atoms with E-state index in [0.717, 1.165) is 6.07 Å². The smallest absolute Gasteiger partial charge is 0.489 e. The van der Waals surface area contributed by atoms with Gasteiger partial charge in [-0.15, -0.1) is 13.2 Å². The normalized spacial score (nSPS) is 12.8. The van der Waals surface area contributed by atoms with Crippen LogP contribution in [-0.2, 0) is 27.2 Å². The van der Waals surface area contributed by atoms with Crippen molar-refractivity contribution in [1.82, 2.24) is 4.90 Å². The third-order valence-electron chi connectivity index (χ3n) is 5.31. The maximum absolute atomic E-state index is 12.9. The maximum atomic E-state index is 12.9. The van der Waals surface area contributed by atoms with Crippen LogP contribution in [0.3, 0.4) is 0 Å². The zero-order valence-electron chi connectivity index (χ0n) is 20.7. The van der Waals surface area contributed by atoms with Crippen molar-refractivity contribution in [2.45, 2.75) is 57.4 Å². The summed E-state index contributed by atoms with van der Waals surface area (Å²) in [5.41, 5.74) is 1.05. The minimum Gasteiger partial charge on any atom is -0.489 e. The SMILES string of the molecule is O=C(O)CCC(=O)OC(CCN(C(F)F)C(F)(F)F)COc1ccccc1CCc1cccc(OC(F)(F)F)c1. The number of para-hydroxylation sites is 1. The highest BCUT2D eigenvalue weighted by Gasteiger charge is 2.43. The lowest BCUT2D eigenvalue weighted by atomic mass is 10.0. The Balaban J connectivity index is 2.10. The number of carboxylic acid groups (broad SMARTS) is 1. The van der Waals surface area contributed by atoms with Crippen LogP contribution in [0.2, 0.25) is 0 Å². The molecule has 1 atom stereocenters. The number of carbonyl (C=O) groups excluding carboxylic acids is 1. The maximum Gasteiger partial charge on any atom is 0.573 e. The van der Waals surface area contributed by atoms with Crippen LogP contribution in [0, 0.1) is 0 Å². The van der Waals surface area contributed by atoms with Crippen LogP contribution in [0.15, 0.2) is 48.5 Å². The molecule has 0 saturated heterocycles. The van der Waals surface area contributed by atoms with Crippen molar-refractivity contribution in [2.24, 2.45) is 0 Å². The first-order valence-corrected chi connectivity index (χ1v) is 11.7. The summed E-state index contributed by atoms with van der Waals surface area (Å²) in [5.74, 6) is -2.59. The number of carbonyl (C=O) groups is 2. The number of hydrogen-bond acceptors (Lipinski definition) is 6. The van der Waals surface area contributed by atoms with Gasteiger partial charge in [0.15, 0.2) is 0 Å². The van der Waals surface area contributed by atoms with E-state index in [1.165, 1.54) is 18.2 Å². The highest BCUT2D eigenvalue weighted by molar-refractivity contribution is 5.76. The summed E-state index contributed by atoms with van der Waals surface area (Å²) in [6, 6.07) is 11.6. The Kier molecular flexibility index (Phi) is 12.0. The van der Waals surface area contributed by atoms with Crippen LogP contribution in [0.1, 0.15) is 30.4 Å². The summed E-state index contributed by atoms with van der Waals surface area (Å²) >= 11 is 0. The molecule has 0 fully saturated rings. The zero-order valence-corrected chi connectivity index (χ0v) is 20.7. The van der Waals surface area contributed by atoms with Crippen LogP contribution < -0.4 is 9.47 Å². The molecule has 0 aromatic heterocycles. The highest BCUT2D eigenvalue weighted by atomic mass is 19.4. The zero-order chi connectivity index (χ0) is 29.9. The number of halogens is 8. The third-order valence-corrected chi connectivity index (χ3v) is 5.31. The van der Waals surface area contributed by atoms with Crippen molar-refractivity contribution in [3.05, 3.63) is 59.7 Å². The fourth-order valence-corrected chi connectivity index (χ4v) is 3.46. The average Bonchev–Trinajstić information content (AvgIpc) is 2.83. The van der Waals surface area contributed by atoms with Gasteiger partial charge in [-0.05, 0) is 42.2 Å². The molecule has 1 N–H and O–H groups in total. The Morgan fingerprint density at radius 1 is 0.925 bits per heavy atom. The van der Waals surface area contributed by atoms with Gasteiger partial charge in [0.1, 0.15) is 24.2 Å². The molecular formula is C25H25F8NO6. The molecule has 0 radical (unpaired) electrons. The van der Waals surface area contributed by atoms with Gasteiger partial charge < -0.3 is 19.3 Å². The summed E-state index contributed by atoms with van der Waals surface area (Å²) in [4.78, 5) is 21.6. The summed E-state index contributed by atoms with van der Waals surface area (Å²) in [5, 5.41) is 8.70. The summed E-state index contributed by atoms with van der Waals surface area (Å²) in [7, 11) is 0. The minimum absolute atomic E-state index is 0.207. The number of benzene rings is 2. The van der Waals surface area contributed by atoms with Crippen LogP contribution in [0.5, 0.6) is 11.5 Å². The monoisotopic (exact) mass is 587 g/mol. The van der Waals surface area contributed by atoms with E-state index in [1.807, 2.05) is 0 Å². The predicted molar refractivity (Wildman–Crippen MR) is 123 cm³/mol. The Bertz CT molecular complexity index is 1110. The van der Waals surface area contributed by atoms with E-state index in [-0.39, 0.29) is 18.6 Å². The first-order valence-electron chi connectivity index (χ1n) is 11.7. The van der Waals surface area contributed by atoms with E-state index >= 15 is 0 Å². The Morgan fingerprint density at radius 3 is 2.25 bits per heavy atom. The van der Waals surface area contributed by atoms with Gasteiger partial charge in [0, 0.05) is 13.0 Å². The molecule has 222 valence electrons. The van der Waals surface area contributed by atoms with E-state index < -0.39 is 80.3 Å². The van der Waals surface area contributed by atoms with Gasteiger partial charge in [-0.2, -0.15) is 26.9 Å². The van der Waals surface area contributed by atoms with Crippen molar-refractivity contribution in [3.63, 3.8) is 0 Å². The highest BCUT2D eigenvalue weighted by Crippen LogP contribution is 2.27. The fourth-order valence-electron chi connectivity index (χ4n) is 3.46. The van der Waals surface area contributed by atoms with Crippen molar-refractivity contribution < 1.29 is 64.0 Å². The van der Waals surface area contributed by atoms with E-state index in [1.54, 1.807) is 24.3 Å². The molecule has 0 aliphatic carbocycles. The lowest BCUT2D eigenvalue weighted by Crippen LogP contribution is -2.44. The largest absolute Gasteiger partial charge is 0.573 e. The number of rotatable bonds is 15. The molecule has 0 bridgehead atoms. The van der Waals surface area contributed by atoms with E-state index in [2.05, 4.69) is 4.74 Å². The number of esters is 1. The van der Waals surface area contributed by atoms with Crippen LogP contribution in [0.4, 0.5) is 35.1 Å². The number of ether oxygens (including phenoxy) is 3. The van der Waals surface area contributed by atoms with Crippen LogP contribution in [-0.4, -0.2) is 60.4 Å². The molecular weight excluding hydrogens is 562 g/mol. The summed E-state index contributed by atoms with van der Waals surface area (Å²) < 4.78 is 117. The predicted octanol–water partition coefficient (Wildman–Crippen LogP) is 5.96. The molecule has 0 saturated carbocycles. The number of nitrogens with zero attached hydrogens (tertiary/aromatic N) is 1. The molecule has 0 spiro atoms. The molecule has 2 aromatic rings. The van der Waals surface area contributed by atoms with Gasteiger partial charge in [-0.25, -0.2) is 0 Å². The summed E-state index contributed by atoms with van der Waals surface area (Å²) in [6.45, 7) is -5.65. The molecule has 0 aliphatic heterocycles. The number of carboxylic acids is 1. The van der Waals surface area contributed by atoms with Gasteiger partial charge in [0.05, 0.1) is 12.8 Å². The molecule has 0 heterocycles. The Hall–Kier alpha value is -3.62. The quantitative estimate of drug-likeness (QED) is 0.156. The molecule has 40 heavy (non-hydrogen) atoms. The summed E-state index contributed by atoms with van der Waals surface area (Å²) in [6.07, 6.45) is -13.1. The second kappa shape index (κ2) is 14.7. The van der Waals surface area contributed by atoms with Gasteiger partial charge in [-0.1, -0.05) is 30.3 Å². The number of hydrogen-bond donors (Lipinski definition) is 1. The Labute approximate surface area is 223 Å². The molecule has 2 rings (SSSR count). The lowest BCUT2D eigenvalue weighted by Gasteiger charge is -2.26. The number of aliphatic carboxylic acids is 1. The second-order valence-corrected chi connectivity index (χ2v) is 8.35. The van der Waals surface area contributed by atoms with Gasteiger partial charge >= 0.3 is 31.2 Å². The van der Waals surface area contributed by atoms with Crippen molar-refractivity contribution in [1.29, 1.82) is 0 Å².